The number of aryl methyl sites for hydroxylation is 1. The second-order valence-electron chi connectivity index (χ2n) is 6.22. The molecule has 0 spiro atoms. The molecule has 130 valence electrons. The van der Waals surface area contributed by atoms with Crippen molar-refractivity contribution in [2.75, 3.05) is 13.7 Å². The molecule has 0 radical (unpaired) electrons. The molecule has 0 aromatic heterocycles. The van der Waals surface area contributed by atoms with E-state index in [4.69, 9.17) is 21.7 Å². The van der Waals surface area contributed by atoms with Gasteiger partial charge in [0.2, 0.25) is 0 Å². The highest BCUT2D eigenvalue weighted by Gasteiger charge is 2.28. The summed E-state index contributed by atoms with van der Waals surface area (Å²) in [6, 6.07) is 15.9. The van der Waals surface area contributed by atoms with Gasteiger partial charge in [0.15, 0.2) is 0 Å². The van der Waals surface area contributed by atoms with Crippen LogP contribution in [0.15, 0.2) is 53.6 Å². The van der Waals surface area contributed by atoms with Crippen molar-refractivity contribution >= 4 is 23.1 Å². The van der Waals surface area contributed by atoms with Gasteiger partial charge in [-0.3, -0.25) is 10.4 Å². The van der Waals surface area contributed by atoms with Gasteiger partial charge in [-0.2, -0.15) is 5.10 Å². The van der Waals surface area contributed by atoms with Crippen LogP contribution in [0.5, 0.6) is 5.75 Å². The number of hydrogen-bond donors (Lipinski definition) is 1. The first-order valence-electron chi connectivity index (χ1n) is 8.40. The van der Waals surface area contributed by atoms with Crippen LogP contribution in [0.2, 0.25) is 5.02 Å². The molecule has 4 nitrogen and oxygen atoms in total. The first kappa shape index (κ1) is 17.5. The molecule has 0 amide bonds. The fraction of sp³-hybridized carbons (Fsp3) is 0.300. The Morgan fingerprint density at radius 3 is 2.72 bits per heavy atom. The number of rotatable bonds is 5. The van der Waals surface area contributed by atoms with Gasteiger partial charge in [0, 0.05) is 17.9 Å². The van der Waals surface area contributed by atoms with Gasteiger partial charge >= 0.3 is 0 Å². The van der Waals surface area contributed by atoms with E-state index in [-0.39, 0.29) is 5.92 Å². The van der Waals surface area contributed by atoms with Crippen molar-refractivity contribution in [3.05, 3.63) is 64.7 Å². The zero-order valence-electron chi connectivity index (χ0n) is 14.5. The fourth-order valence-corrected chi connectivity index (χ4v) is 3.31. The molecule has 25 heavy (non-hydrogen) atoms. The molecule has 1 atom stereocenters. The summed E-state index contributed by atoms with van der Waals surface area (Å²) >= 11 is 6.24. The summed E-state index contributed by atoms with van der Waals surface area (Å²) < 4.78 is 5.45. The Hall–Kier alpha value is -2.33. The number of halogens is 1. The van der Waals surface area contributed by atoms with Gasteiger partial charge in [-0.25, -0.2) is 0 Å². The maximum atomic E-state index is 8.38. The molecule has 0 saturated carbocycles. The number of hydrazone groups is 1. The highest BCUT2D eigenvalue weighted by Crippen LogP contribution is 2.32. The quantitative estimate of drug-likeness (QED) is 0.628. The van der Waals surface area contributed by atoms with Crippen molar-refractivity contribution in [1.29, 1.82) is 5.41 Å². The van der Waals surface area contributed by atoms with Gasteiger partial charge in [-0.05, 0) is 24.1 Å². The lowest BCUT2D eigenvalue weighted by Gasteiger charge is -2.15. The lowest BCUT2D eigenvalue weighted by Crippen LogP contribution is -2.25. The number of amidine groups is 1. The lowest BCUT2D eigenvalue weighted by atomic mass is 9.98. The minimum absolute atomic E-state index is 0.212. The molecule has 5 heteroatoms. The maximum absolute atomic E-state index is 8.38. The number of nitrogens with zero attached hydrogens (tertiary/aromatic N) is 2. The van der Waals surface area contributed by atoms with E-state index in [0.717, 1.165) is 17.7 Å². The average molecular weight is 356 g/mol. The Morgan fingerprint density at radius 2 is 2.00 bits per heavy atom. The number of ether oxygens (including phenoxy) is 1. The first-order valence-corrected chi connectivity index (χ1v) is 8.78. The number of nitrogens with one attached hydrogen (secondary N) is 1. The van der Waals surface area contributed by atoms with E-state index in [0.29, 0.717) is 29.6 Å². The van der Waals surface area contributed by atoms with Gasteiger partial charge in [0.1, 0.15) is 11.6 Å². The normalized spacial score (nSPS) is 16.7. The van der Waals surface area contributed by atoms with E-state index in [9.17, 15) is 0 Å². The minimum Gasteiger partial charge on any atom is -0.494 e. The van der Waals surface area contributed by atoms with Crippen molar-refractivity contribution in [3.8, 4) is 5.75 Å². The predicted molar refractivity (Wildman–Crippen MR) is 103 cm³/mol. The Labute approximate surface area is 153 Å². The first-order chi connectivity index (χ1) is 12.1. The van der Waals surface area contributed by atoms with E-state index < -0.39 is 0 Å². The van der Waals surface area contributed by atoms with E-state index in [1.807, 2.05) is 36.4 Å². The molecule has 0 saturated heterocycles. The molecule has 1 aliphatic rings. The molecule has 1 unspecified atom stereocenters. The van der Waals surface area contributed by atoms with E-state index in [1.54, 1.807) is 12.1 Å². The highest BCUT2D eigenvalue weighted by molar-refractivity contribution is 6.32. The lowest BCUT2D eigenvalue weighted by molar-refractivity contribution is 0.414. The van der Waals surface area contributed by atoms with Crippen LogP contribution < -0.4 is 4.74 Å². The molecule has 2 aromatic rings. The van der Waals surface area contributed by atoms with Gasteiger partial charge in [0.25, 0.3) is 0 Å². The van der Waals surface area contributed by atoms with Crippen LogP contribution in [0.1, 0.15) is 24.5 Å². The third-order valence-electron chi connectivity index (χ3n) is 4.39. The fourth-order valence-electron chi connectivity index (χ4n) is 3.06. The van der Waals surface area contributed by atoms with Gasteiger partial charge in [-0.1, -0.05) is 54.9 Å². The van der Waals surface area contributed by atoms with Crippen LogP contribution in [0.3, 0.4) is 0 Å². The summed E-state index contributed by atoms with van der Waals surface area (Å²) in [4.78, 5) is 0. The van der Waals surface area contributed by atoms with Crippen LogP contribution >= 0.6 is 11.6 Å². The smallest absolute Gasteiger partial charge is 0.146 e. The minimum atomic E-state index is 0.212. The SMILES string of the molecule is COc1c(Cl)cccc1C1=NN(C(=N)CCc2ccccc2)CC1C. The molecule has 0 bridgehead atoms. The van der Waals surface area contributed by atoms with Crippen LogP contribution in [0.25, 0.3) is 0 Å². The number of methoxy groups -OCH3 is 1. The highest BCUT2D eigenvalue weighted by atomic mass is 35.5. The second-order valence-corrected chi connectivity index (χ2v) is 6.63. The molecule has 1 aliphatic heterocycles. The van der Waals surface area contributed by atoms with Crippen molar-refractivity contribution in [1.82, 2.24) is 5.01 Å². The van der Waals surface area contributed by atoms with Crippen molar-refractivity contribution in [3.63, 3.8) is 0 Å². The predicted octanol–water partition coefficient (Wildman–Crippen LogP) is 4.61. The summed E-state index contributed by atoms with van der Waals surface area (Å²) in [5.74, 6) is 1.39. The Balaban J connectivity index is 1.75. The van der Waals surface area contributed by atoms with Crippen LogP contribution in [0, 0.1) is 11.3 Å². The molecule has 2 aromatic carbocycles. The van der Waals surface area contributed by atoms with Crippen molar-refractivity contribution < 1.29 is 4.74 Å². The average Bonchev–Trinajstić information content (AvgIpc) is 3.02. The van der Waals surface area contributed by atoms with Gasteiger partial charge < -0.3 is 4.74 Å². The standard InChI is InChI=1S/C20H22ClN3O/c1-14-13-24(18(22)12-11-15-7-4-3-5-8-15)23-19(14)16-9-6-10-17(21)20(16)25-2/h3-10,14,22H,11-13H2,1-2H3. The van der Waals surface area contributed by atoms with E-state index >= 15 is 0 Å². The zero-order valence-corrected chi connectivity index (χ0v) is 15.3. The second kappa shape index (κ2) is 7.70. The molecular weight excluding hydrogens is 334 g/mol. The molecular formula is C20H22ClN3O. The molecule has 1 N–H and O–H groups in total. The molecule has 0 fully saturated rings. The summed E-state index contributed by atoms with van der Waals surface area (Å²) in [6.07, 6.45) is 1.51. The summed E-state index contributed by atoms with van der Waals surface area (Å²) in [5, 5.41) is 15.4. The Kier molecular flexibility index (Phi) is 5.39. The third kappa shape index (κ3) is 3.85. The Bertz CT molecular complexity index is 789. The Morgan fingerprint density at radius 1 is 1.24 bits per heavy atom. The number of hydrogen-bond acceptors (Lipinski definition) is 3. The molecule has 1 heterocycles. The third-order valence-corrected chi connectivity index (χ3v) is 4.69. The van der Waals surface area contributed by atoms with Crippen LogP contribution in [0.4, 0.5) is 0 Å². The van der Waals surface area contributed by atoms with Crippen LogP contribution in [-0.4, -0.2) is 30.2 Å². The van der Waals surface area contributed by atoms with E-state index in [1.165, 1.54) is 5.56 Å². The molecule has 0 aliphatic carbocycles. The zero-order chi connectivity index (χ0) is 17.8. The van der Waals surface area contributed by atoms with Crippen molar-refractivity contribution in [2.24, 2.45) is 11.0 Å². The maximum Gasteiger partial charge on any atom is 0.146 e. The summed E-state index contributed by atoms with van der Waals surface area (Å²) in [6.45, 7) is 2.82. The summed E-state index contributed by atoms with van der Waals surface area (Å²) in [5.41, 5.74) is 3.06. The van der Waals surface area contributed by atoms with E-state index in [2.05, 4.69) is 24.2 Å². The van der Waals surface area contributed by atoms with Gasteiger partial charge in [-0.15, -0.1) is 0 Å². The van der Waals surface area contributed by atoms with Gasteiger partial charge in [0.05, 0.1) is 24.4 Å². The van der Waals surface area contributed by atoms with Crippen LogP contribution in [-0.2, 0) is 6.42 Å². The topological polar surface area (TPSA) is 48.7 Å². The van der Waals surface area contributed by atoms with Crippen molar-refractivity contribution in [2.45, 2.75) is 19.8 Å². The molecule has 3 rings (SSSR count). The summed E-state index contributed by atoms with van der Waals surface area (Å²) in [7, 11) is 1.62. The monoisotopic (exact) mass is 355 g/mol. The number of benzene rings is 2. The largest absolute Gasteiger partial charge is 0.494 e. The number of para-hydroxylation sites is 1.